The molecular formula is C19H24N4O2S2. The van der Waals surface area contributed by atoms with Gasteiger partial charge in [0.2, 0.25) is 16.9 Å². The summed E-state index contributed by atoms with van der Waals surface area (Å²) in [5.74, 6) is 0.453. The van der Waals surface area contributed by atoms with E-state index in [4.69, 9.17) is 0 Å². The van der Waals surface area contributed by atoms with Crippen molar-refractivity contribution in [3.05, 3.63) is 35.9 Å². The Morgan fingerprint density at radius 2 is 1.81 bits per heavy atom. The van der Waals surface area contributed by atoms with E-state index in [1.165, 1.54) is 35.9 Å². The normalized spacial score (nSPS) is 14.6. The fourth-order valence-corrected chi connectivity index (χ4v) is 4.61. The molecule has 0 atom stereocenters. The van der Waals surface area contributed by atoms with Crippen molar-refractivity contribution in [3.8, 4) is 0 Å². The first kappa shape index (κ1) is 19.8. The highest BCUT2D eigenvalue weighted by Gasteiger charge is 2.17. The van der Waals surface area contributed by atoms with Crippen molar-refractivity contribution in [2.75, 3.05) is 24.2 Å². The molecule has 3 rings (SSSR count). The Kier molecular flexibility index (Phi) is 7.65. The zero-order valence-corrected chi connectivity index (χ0v) is 16.9. The summed E-state index contributed by atoms with van der Waals surface area (Å²) in [6.07, 6.45) is 5.70. The van der Waals surface area contributed by atoms with Gasteiger partial charge in [0, 0.05) is 19.5 Å². The highest BCUT2D eigenvalue weighted by atomic mass is 32.2. The van der Waals surface area contributed by atoms with Crippen LogP contribution in [0.4, 0.5) is 5.13 Å². The third-order valence-corrected chi connectivity index (χ3v) is 6.37. The Labute approximate surface area is 167 Å². The molecule has 0 saturated carbocycles. The van der Waals surface area contributed by atoms with Crippen LogP contribution in [0.5, 0.6) is 0 Å². The summed E-state index contributed by atoms with van der Waals surface area (Å²) in [4.78, 5) is 26.3. The van der Waals surface area contributed by atoms with Gasteiger partial charge in [-0.15, -0.1) is 10.2 Å². The molecule has 0 spiro atoms. The standard InChI is InChI=1S/C19H24N4O2S2/c24-16(11-10-15-8-4-3-5-9-15)20-18-21-22-19(27-18)26-14-17(25)23-12-6-1-2-7-13-23/h3-5,8-9H,1-2,6-7,10-14H2,(H,20,21,24). The summed E-state index contributed by atoms with van der Waals surface area (Å²) in [6.45, 7) is 1.72. The van der Waals surface area contributed by atoms with Crippen LogP contribution in [0.3, 0.4) is 0 Å². The summed E-state index contributed by atoms with van der Waals surface area (Å²) < 4.78 is 0.705. The molecule has 1 aliphatic rings. The van der Waals surface area contributed by atoms with E-state index in [-0.39, 0.29) is 11.8 Å². The minimum absolute atomic E-state index is 0.0767. The number of carbonyl (C=O) groups excluding carboxylic acids is 2. The van der Waals surface area contributed by atoms with E-state index in [1.807, 2.05) is 35.2 Å². The fraction of sp³-hybridized carbons (Fsp3) is 0.474. The van der Waals surface area contributed by atoms with Crippen molar-refractivity contribution >= 4 is 40.0 Å². The van der Waals surface area contributed by atoms with Crippen molar-refractivity contribution in [2.24, 2.45) is 0 Å². The number of hydrogen-bond donors (Lipinski definition) is 1. The van der Waals surface area contributed by atoms with Crippen molar-refractivity contribution in [1.29, 1.82) is 0 Å². The van der Waals surface area contributed by atoms with Crippen molar-refractivity contribution < 1.29 is 9.59 Å². The maximum Gasteiger partial charge on any atom is 0.233 e. The van der Waals surface area contributed by atoms with Gasteiger partial charge in [-0.2, -0.15) is 0 Å². The lowest BCUT2D eigenvalue weighted by molar-refractivity contribution is -0.128. The maximum absolute atomic E-state index is 12.3. The average molecular weight is 405 g/mol. The van der Waals surface area contributed by atoms with E-state index in [1.54, 1.807) is 0 Å². The summed E-state index contributed by atoms with van der Waals surface area (Å²) >= 11 is 2.70. The predicted molar refractivity (Wildman–Crippen MR) is 109 cm³/mol. The molecular weight excluding hydrogens is 380 g/mol. The van der Waals surface area contributed by atoms with E-state index < -0.39 is 0 Å². The summed E-state index contributed by atoms with van der Waals surface area (Å²) in [6, 6.07) is 9.91. The van der Waals surface area contributed by atoms with Gasteiger partial charge < -0.3 is 10.2 Å². The Morgan fingerprint density at radius 3 is 2.56 bits per heavy atom. The summed E-state index contributed by atoms with van der Waals surface area (Å²) in [5.41, 5.74) is 1.13. The van der Waals surface area contributed by atoms with Crippen LogP contribution in [0.1, 0.15) is 37.7 Å². The van der Waals surface area contributed by atoms with Crippen LogP contribution >= 0.6 is 23.1 Å². The van der Waals surface area contributed by atoms with Crippen LogP contribution < -0.4 is 5.32 Å². The molecule has 0 aliphatic carbocycles. The van der Waals surface area contributed by atoms with Crippen LogP contribution in [-0.4, -0.2) is 45.8 Å². The molecule has 1 fully saturated rings. The maximum atomic E-state index is 12.3. The number of aromatic nitrogens is 2. The highest BCUT2D eigenvalue weighted by Crippen LogP contribution is 2.26. The van der Waals surface area contributed by atoms with E-state index in [2.05, 4.69) is 15.5 Å². The predicted octanol–water partition coefficient (Wildman–Crippen LogP) is 3.60. The van der Waals surface area contributed by atoms with Gasteiger partial charge in [-0.3, -0.25) is 9.59 Å². The van der Waals surface area contributed by atoms with E-state index in [0.717, 1.165) is 31.5 Å². The molecule has 144 valence electrons. The lowest BCUT2D eigenvalue weighted by Gasteiger charge is -2.19. The largest absolute Gasteiger partial charge is 0.342 e. The molecule has 8 heteroatoms. The molecule has 2 heterocycles. The van der Waals surface area contributed by atoms with Gasteiger partial charge in [-0.05, 0) is 24.8 Å². The van der Waals surface area contributed by atoms with Gasteiger partial charge in [0.25, 0.3) is 0 Å². The second kappa shape index (κ2) is 10.4. The Hall–Kier alpha value is -1.93. The van der Waals surface area contributed by atoms with E-state index >= 15 is 0 Å². The third-order valence-electron chi connectivity index (χ3n) is 4.41. The Bertz CT molecular complexity index is 743. The number of nitrogens with zero attached hydrogens (tertiary/aromatic N) is 3. The number of nitrogens with one attached hydrogen (secondary N) is 1. The summed E-state index contributed by atoms with van der Waals surface area (Å²) in [5, 5.41) is 11.3. The zero-order valence-electron chi connectivity index (χ0n) is 15.2. The third kappa shape index (κ3) is 6.62. The fourth-order valence-electron chi connectivity index (χ4n) is 2.94. The first-order chi connectivity index (χ1) is 13.2. The molecule has 27 heavy (non-hydrogen) atoms. The molecule has 1 aliphatic heterocycles. The second-order valence-corrected chi connectivity index (χ2v) is 8.69. The monoisotopic (exact) mass is 404 g/mol. The minimum atomic E-state index is -0.0767. The van der Waals surface area contributed by atoms with E-state index in [0.29, 0.717) is 28.1 Å². The number of rotatable bonds is 7. The van der Waals surface area contributed by atoms with Gasteiger partial charge in [-0.1, -0.05) is 66.3 Å². The van der Waals surface area contributed by atoms with Crippen LogP contribution in [0.25, 0.3) is 0 Å². The smallest absolute Gasteiger partial charge is 0.233 e. The number of hydrogen-bond acceptors (Lipinski definition) is 6. The molecule has 2 aromatic rings. The van der Waals surface area contributed by atoms with Crippen molar-refractivity contribution in [1.82, 2.24) is 15.1 Å². The molecule has 1 aromatic heterocycles. The Morgan fingerprint density at radius 1 is 1.07 bits per heavy atom. The lowest BCUT2D eigenvalue weighted by atomic mass is 10.1. The van der Waals surface area contributed by atoms with Gasteiger partial charge >= 0.3 is 0 Å². The second-order valence-electron chi connectivity index (χ2n) is 6.49. The number of likely N-dealkylation sites (tertiary alicyclic amines) is 1. The van der Waals surface area contributed by atoms with E-state index in [9.17, 15) is 9.59 Å². The molecule has 0 bridgehead atoms. The minimum Gasteiger partial charge on any atom is -0.342 e. The number of benzene rings is 1. The lowest BCUT2D eigenvalue weighted by Crippen LogP contribution is -2.33. The van der Waals surface area contributed by atoms with Crippen LogP contribution in [0.15, 0.2) is 34.7 Å². The molecule has 1 aromatic carbocycles. The molecule has 0 unspecified atom stereocenters. The van der Waals surface area contributed by atoms with Gasteiger partial charge in [0.1, 0.15) is 0 Å². The first-order valence-electron chi connectivity index (χ1n) is 9.28. The molecule has 1 saturated heterocycles. The van der Waals surface area contributed by atoms with Crippen LogP contribution in [0, 0.1) is 0 Å². The number of thioether (sulfide) groups is 1. The van der Waals surface area contributed by atoms with Crippen molar-refractivity contribution in [2.45, 2.75) is 42.9 Å². The quantitative estimate of drug-likeness (QED) is 0.564. The SMILES string of the molecule is O=C(CCc1ccccc1)Nc1nnc(SCC(=O)N2CCCCCC2)s1. The summed E-state index contributed by atoms with van der Waals surface area (Å²) in [7, 11) is 0. The van der Waals surface area contributed by atoms with Gasteiger partial charge in [0.15, 0.2) is 4.34 Å². The van der Waals surface area contributed by atoms with Gasteiger partial charge in [-0.25, -0.2) is 0 Å². The zero-order chi connectivity index (χ0) is 18.9. The van der Waals surface area contributed by atoms with Crippen molar-refractivity contribution in [3.63, 3.8) is 0 Å². The number of carbonyl (C=O) groups is 2. The van der Waals surface area contributed by atoms with Crippen LogP contribution in [-0.2, 0) is 16.0 Å². The molecule has 6 nitrogen and oxygen atoms in total. The Balaban J connectivity index is 1.41. The number of aryl methyl sites for hydroxylation is 1. The van der Waals surface area contributed by atoms with Crippen LogP contribution in [0.2, 0.25) is 0 Å². The molecule has 0 radical (unpaired) electrons. The number of amides is 2. The molecule has 2 amide bonds. The number of anilines is 1. The average Bonchev–Trinajstić information content (AvgIpc) is 2.95. The molecule has 1 N–H and O–H groups in total. The highest BCUT2D eigenvalue weighted by molar-refractivity contribution is 8.01. The topological polar surface area (TPSA) is 75.2 Å². The first-order valence-corrected chi connectivity index (χ1v) is 11.1. The van der Waals surface area contributed by atoms with Gasteiger partial charge in [0.05, 0.1) is 5.75 Å².